The summed E-state index contributed by atoms with van der Waals surface area (Å²) in [6.45, 7) is 2.78. The number of hydrogen-bond acceptors (Lipinski definition) is 4. The van der Waals surface area contributed by atoms with E-state index in [9.17, 15) is 9.59 Å². The number of amides is 2. The number of benzene rings is 3. The highest BCUT2D eigenvalue weighted by Crippen LogP contribution is 2.21. The molecule has 3 aromatic rings. The molecule has 0 spiro atoms. The number of rotatable bonds is 4. The van der Waals surface area contributed by atoms with Gasteiger partial charge in [0.2, 0.25) is 0 Å². The zero-order valence-corrected chi connectivity index (χ0v) is 21.3. The fourth-order valence-corrected chi connectivity index (χ4v) is 4.24. The van der Waals surface area contributed by atoms with Crippen molar-refractivity contribution in [3.63, 3.8) is 0 Å². The SMILES string of the molecule is O=C(NC(=S)Nc1ccc(N2CCN(C(=O)c3ccc(Cl)cc3)CC2)cc1)c1ccc(Br)cc1. The first kappa shape index (κ1) is 24.2. The standard InChI is InChI=1S/C25H22BrClN4O2S/c26-19-5-1-17(2-6-19)23(32)29-25(34)28-21-9-11-22(12-10-21)30-13-15-31(16-14-30)24(33)18-3-7-20(27)8-4-18/h1-12H,13-16H2,(H2,28,29,32,34). The van der Waals surface area contributed by atoms with Crippen LogP contribution in [-0.4, -0.2) is 48.0 Å². The molecular weight excluding hydrogens is 536 g/mol. The van der Waals surface area contributed by atoms with E-state index in [1.165, 1.54) is 0 Å². The first-order valence-corrected chi connectivity index (χ1v) is 12.2. The van der Waals surface area contributed by atoms with Crippen LogP contribution < -0.4 is 15.5 Å². The van der Waals surface area contributed by atoms with Gasteiger partial charge in [0.05, 0.1) is 0 Å². The fraction of sp³-hybridized carbons (Fsp3) is 0.160. The average Bonchev–Trinajstić information content (AvgIpc) is 2.85. The molecule has 0 radical (unpaired) electrons. The minimum Gasteiger partial charge on any atom is -0.368 e. The van der Waals surface area contributed by atoms with Gasteiger partial charge in [-0.05, 0) is 85.0 Å². The van der Waals surface area contributed by atoms with Crippen LogP contribution >= 0.6 is 39.7 Å². The van der Waals surface area contributed by atoms with Gasteiger partial charge < -0.3 is 15.1 Å². The van der Waals surface area contributed by atoms with E-state index in [0.29, 0.717) is 29.2 Å². The van der Waals surface area contributed by atoms with E-state index in [1.807, 2.05) is 29.2 Å². The third-order valence-electron chi connectivity index (χ3n) is 5.48. The topological polar surface area (TPSA) is 64.7 Å². The van der Waals surface area contributed by atoms with E-state index < -0.39 is 0 Å². The van der Waals surface area contributed by atoms with Crippen LogP contribution in [0.25, 0.3) is 0 Å². The molecule has 0 aromatic heterocycles. The minimum atomic E-state index is -0.271. The number of hydrogen-bond donors (Lipinski definition) is 2. The van der Waals surface area contributed by atoms with Crippen LogP contribution in [0.1, 0.15) is 20.7 Å². The minimum absolute atomic E-state index is 0.0227. The van der Waals surface area contributed by atoms with Crippen molar-refractivity contribution in [2.75, 3.05) is 36.4 Å². The van der Waals surface area contributed by atoms with Gasteiger partial charge in [-0.3, -0.25) is 14.9 Å². The molecule has 2 N–H and O–H groups in total. The lowest BCUT2D eigenvalue weighted by molar-refractivity contribution is 0.0746. The Labute approximate surface area is 217 Å². The van der Waals surface area contributed by atoms with Crippen molar-refractivity contribution in [1.29, 1.82) is 0 Å². The van der Waals surface area contributed by atoms with Gasteiger partial charge in [0.25, 0.3) is 11.8 Å². The van der Waals surface area contributed by atoms with E-state index in [0.717, 1.165) is 28.9 Å². The van der Waals surface area contributed by atoms with Gasteiger partial charge >= 0.3 is 0 Å². The Balaban J connectivity index is 1.28. The lowest BCUT2D eigenvalue weighted by Crippen LogP contribution is -2.48. The van der Waals surface area contributed by atoms with E-state index in [-0.39, 0.29) is 16.9 Å². The Morgan fingerprint density at radius 2 is 1.41 bits per heavy atom. The van der Waals surface area contributed by atoms with Gasteiger partial charge in [0, 0.05) is 58.2 Å². The van der Waals surface area contributed by atoms with Crippen LogP contribution in [0, 0.1) is 0 Å². The molecule has 4 rings (SSSR count). The summed E-state index contributed by atoms with van der Waals surface area (Å²) in [6.07, 6.45) is 0. The van der Waals surface area contributed by atoms with Gasteiger partial charge in [-0.2, -0.15) is 0 Å². The van der Waals surface area contributed by atoms with E-state index in [4.69, 9.17) is 23.8 Å². The van der Waals surface area contributed by atoms with Crippen molar-refractivity contribution in [3.8, 4) is 0 Å². The second-order valence-electron chi connectivity index (χ2n) is 7.75. The summed E-state index contributed by atoms with van der Waals surface area (Å²) in [5.74, 6) is -0.248. The number of piperazine rings is 1. The Hall–Kier alpha value is -2.94. The number of nitrogens with one attached hydrogen (secondary N) is 2. The molecule has 0 aliphatic carbocycles. The second kappa shape index (κ2) is 11.0. The summed E-state index contributed by atoms with van der Waals surface area (Å²) in [7, 11) is 0. The molecule has 6 nitrogen and oxygen atoms in total. The third-order valence-corrected chi connectivity index (χ3v) is 6.47. The number of nitrogens with zero attached hydrogens (tertiary/aromatic N) is 2. The van der Waals surface area contributed by atoms with Crippen LogP contribution in [0.4, 0.5) is 11.4 Å². The van der Waals surface area contributed by atoms with Crippen molar-refractivity contribution in [3.05, 3.63) is 93.4 Å². The van der Waals surface area contributed by atoms with E-state index >= 15 is 0 Å². The van der Waals surface area contributed by atoms with Crippen molar-refractivity contribution in [2.45, 2.75) is 0 Å². The lowest BCUT2D eigenvalue weighted by atomic mass is 10.1. The molecule has 1 aliphatic heterocycles. The molecule has 1 heterocycles. The summed E-state index contributed by atoms with van der Waals surface area (Å²) >= 11 is 14.5. The van der Waals surface area contributed by atoms with Gasteiger partial charge in [0.1, 0.15) is 0 Å². The number of carbonyl (C=O) groups is 2. The van der Waals surface area contributed by atoms with Crippen molar-refractivity contribution in [1.82, 2.24) is 10.2 Å². The monoisotopic (exact) mass is 556 g/mol. The predicted octanol–water partition coefficient (Wildman–Crippen LogP) is 5.19. The first-order chi connectivity index (χ1) is 16.4. The Kier molecular flexibility index (Phi) is 7.82. The maximum Gasteiger partial charge on any atom is 0.257 e. The fourth-order valence-electron chi connectivity index (χ4n) is 3.64. The highest BCUT2D eigenvalue weighted by molar-refractivity contribution is 9.10. The maximum atomic E-state index is 12.7. The largest absolute Gasteiger partial charge is 0.368 e. The Morgan fingerprint density at radius 1 is 0.824 bits per heavy atom. The summed E-state index contributed by atoms with van der Waals surface area (Å²) in [5.41, 5.74) is 3.02. The first-order valence-electron chi connectivity index (χ1n) is 10.7. The van der Waals surface area contributed by atoms with E-state index in [2.05, 4.69) is 31.5 Å². The average molecular weight is 558 g/mol. The molecule has 174 valence electrons. The number of anilines is 2. The maximum absolute atomic E-state index is 12.7. The molecule has 2 amide bonds. The molecule has 1 aliphatic rings. The Bertz CT molecular complexity index is 1180. The van der Waals surface area contributed by atoms with Gasteiger partial charge in [0.15, 0.2) is 5.11 Å². The zero-order valence-electron chi connectivity index (χ0n) is 18.1. The molecule has 1 fully saturated rings. The molecule has 0 saturated carbocycles. The summed E-state index contributed by atoms with van der Waals surface area (Å²) in [4.78, 5) is 29.1. The molecule has 0 atom stereocenters. The van der Waals surface area contributed by atoms with Gasteiger partial charge in [-0.15, -0.1) is 0 Å². The predicted molar refractivity (Wildman–Crippen MR) is 144 cm³/mol. The van der Waals surface area contributed by atoms with Crippen LogP contribution in [0.2, 0.25) is 5.02 Å². The van der Waals surface area contributed by atoms with Crippen LogP contribution in [0.5, 0.6) is 0 Å². The van der Waals surface area contributed by atoms with Gasteiger partial charge in [-0.25, -0.2) is 0 Å². The molecule has 0 bridgehead atoms. The van der Waals surface area contributed by atoms with Crippen LogP contribution in [0.15, 0.2) is 77.3 Å². The van der Waals surface area contributed by atoms with Crippen LogP contribution in [0.3, 0.4) is 0 Å². The molecule has 0 unspecified atom stereocenters. The smallest absolute Gasteiger partial charge is 0.257 e. The molecular formula is C25H22BrClN4O2S. The Morgan fingerprint density at radius 3 is 2.03 bits per heavy atom. The van der Waals surface area contributed by atoms with E-state index in [1.54, 1.807) is 48.5 Å². The molecule has 34 heavy (non-hydrogen) atoms. The summed E-state index contributed by atoms with van der Waals surface area (Å²) < 4.78 is 0.902. The second-order valence-corrected chi connectivity index (χ2v) is 9.51. The highest BCUT2D eigenvalue weighted by atomic mass is 79.9. The van der Waals surface area contributed by atoms with Crippen molar-refractivity contribution in [2.24, 2.45) is 0 Å². The lowest BCUT2D eigenvalue weighted by Gasteiger charge is -2.36. The van der Waals surface area contributed by atoms with Crippen molar-refractivity contribution >= 4 is 68.1 Å². The van der Waals surface area contributed by atoms with Gasteiger partial charge in [-0.1, -0.05) is 27.5 Å². The summed E-state index contributed by atoms with van der Waals surface area (Å²) in [6, 6.07) is 21.9. The summed E-state index contributed by atoms with van der Waals surface area (Å²) in [5, 5.41) is 6.57. The quantitative estimate of drug-likeness (QED) is 0.432. The number of carbonyl (C=O) groups excluding carboxylic acids is 2. The van der Waals surface area contributed by atoms with Crippen LogP contribution in [-0.2, 0) is 0 Å². The third kappa shape index (κ3) is 6.14. The molecule has 1 saturated heterocycles. The number of thiocarbonyl (C=S) groups is 1. The molecule has 3 aromatic carbocycles. The van der Waals surface area contributed by atoms with Crippen molar-refractivity contribution < 1.29 is 9.59 Å². The number of halogens is 2. The normalized spacial score (nSPS) is 13.4. The highest BCUT2D eigenvalue weighted by Gasteiger charge is 2.22. The molecule has 9 heteroatoms. The zero-order chi connectivity index (χ0) is 24.1.